The van der Waals surface area contributed by atoms with Crippen molar-refractivity contribution >= 4 is 0 Å². The van der Waals surface area contributed by atoms with E-state index in [1.807, 2.05) is 0 Å². The van der Waals surface area contributed by atoms with Gasteiger partial charge in [0, 0.05) is 0 Å². The summed E-state index contributed by atoms with van der Waals surface area (Å²) in [5, 5.41) is 0. The van der Waals surface area contributed by atoms with Crippen molar-refractivity contribution in [3.05, 3.63) is 6.42 Å². The van der Waals surface area contributed by atoms with Crippen molar-refractivity contribution in [3.8, 4) is 0 Å². The molecule has 0 heterocycles. The fraction of sp³-hybridized carbons (Fsp3) is 0.833. The lowest BCUT2D eigenvalue weighted by Gasteiger charge is -1.94. The fourth-order valence-corrected chi connectivity index (χ4v) is 0.815. The summed E-state index contributed by atoms with van der Waals surface area (Å²) in [6.45, 7) is 4.44. The fourth-order valence-electron chi connectivity index (χ4n) is 0.815. The van der Waals surface area contributed by atoms with Crippen LogP contribution < -0.4 is 0 Å². The third kappa shape index (κ3) is 0.562. The average molecular weight is 83.2 g/mol. The van der Waals surface area contributed by atoms with Gasteiger partial charge in [0.1, 0.15) is 0 Å². The minimum atomic E-state index is 0.977. The van der Waals surface area contributed by atoms with Crippen LogP contribution in [0.25, 0.3) is 0 Å². The smallest absolute Gasteiger partial charge is 0.0648 e. The quantitative estimate of drug-likeness (QED) is 0.424. The summed E-state index contributed by atoms with van der Waals surface area (Å²) in [6.07, 6.45) is 3.74. The maximum Gasteiger partial charge on any atom is -0.0648 e. The molecule has 36 valence electrons. The Morgan fingerprint density at radius 1 is 1.67 bits per heavy atom. The lowest BCUT2D eigenvalue weighted by molar-refractivity contribution is 0.851. The minimum absolute atomic E-state index is 0.977. The maximum absolute atomic E-state index is 2.30. The summed E-state index contributed by atoms with van der Waals surface area (Å²) >= 11 is 0. The average Bonchev–Trinajstić information content (AvgIpc) is 2.19. The summed E-state index contributed by atoms with van der Waals surface area (Å²) in [5.41, 5.74) is 0. The monoisotopic (exact) mass is 83.1 g/mol. The summed E-state index contributed by atoms with van der Waals surface area (Å²) in [6, 6.07) is 0. The Labute approximate surface area is 39.6 Å². The Hall–Kier alpha value is 0. The highest BCUT2D eigenvalue weighted by Crippen LogP contribution is 2.39. The first-order chi connectivity index (χ1) is 2.84. The van der Waals surface area contributed by atoms with Gasteiger partial charge in [0.15, 0.2) is 0 Å². The maximum atomic E-state index is 2.30. The Morgan fingerprint density at radius 3 is 2.17 bits per heavy atom. The summed E-state index contributed by atoms with van der Waals surface area (Å²) in [7, 11) is 0. The van der Waals surface area contributed by atoms with Gasteiger partial charge in [-0.25, -0.2) is 0 Å². The van der Waals surface area contributed by atoms with Crippen LogP contribution in [0, 0.1) is 18.3 Å². The van der Waals surface area contributed by atoms with Gasteiger partial charge in [0.2, 0.25) is 0 Å². The van der Waals surface area contributed by atoms with E-state index < -0.39 is 0 Å². The van der Waals surface area contributed by atoms with Gasteiger partial charge < -0.3 is 6.42 Å². The van der Waals surface area contributed by atoms with Crippen molar-refractivity contribution in [3.63, 3.8) is 0 Å². The van der Waals surface area contributed by atoms with E-state index in [9.17, 15) is 0 Å². The van der Waals surface area contributed by atoms with Gasteiger partial charge in [-0.1, -0.05) is 19.3 Å². The molecule has 0 radical (unpaired) electrons. The third-order valence-corrected chi connectivity index (χ3v) is 1.60. The highest BCUT2D eigenvalue weighted by molar-refractivity contribution is 4.90. The molecule has 0 heteroatoms. The summed E-state index contributed by atoms with van der Waals surface area (Å²) in [5.74, 6) is 1.99. The second-order valence-electron chi connectivity index (χ2n) is 2.21. The Bertz CT molecular complexity index is 46.0. The molecule has 2 atom stereocenters. The van der Waals surface area contributed by atoms with Crippen LogP contribution in [0.5, 0.6) is 0 Å². The number of rotatable bonds is 1. The molecular weight excluding hydrogens is 72.1 g/mol. The van der Waals surface area contributed by atoms with E-state index in [1.54, 1.807) is 0 Å². The molecule has 2 unspecified atom stereocenters. The summed E-state index contributed by atoms with van der Waals surface area (Å²) < 4.78 is 0. The first kappa shape index (κ1) is 4.17. The van der Waals surface area contributed by atoms with Gasteiger partial charge in [-0.05, 0) is 0 Å². The lowest BCUT2D eigenvalue weighted by atomic mass is 10.3. The van der Waals surface area contributed by atoms with Crippen molar-refractivity contribution in [1.29, 1.82) is 0 Å². The van der Waals surface area contributed by atoms with Crippen molar-refractivity contribution in [1.82, 2.24) is 0 Å². The van der Waals surface area contributed by atoms with E-state index in [2.05, 4.69) is 20.3 Å². The first-order valence-corrected chi connectivity index (χ1v) is 2.64. The molecule has 1 fully saturated rings. The van der Waals surface area contributed by atoms with Gasteiger partial charge in [-0.2, -0.15) is 12.8 Å². The van der Waals surface area contributed by atoms with E-state index in [-0.39, 0.29) is 0 Å². The van der Waals surface area contributed by atoms with Gasteiger partial charge in [0.25, 0.3) is 0 Å². The second-order valence-corrected chi connectivity index (χ2v) is 2.21. The van der Waals surface area contributed by atoms with Crippen molar-refractivity contribution in [2.24, 2.45) is 11.8 Å². The SMILES string of the molecule is C[CH-]C1CC1C. The topological polar surface area (TPSA) is 0 Å². The van der Waals surface area contributed by atoms with Gasteiger partial charge >= 0.3 is 0 Å². The van der Waals surface area contributed by atoms with Crippen LogP contribution in [0.1, 0.15) is 20.3 Å². The Kier molecular flexibility index (Phi) is 0.868. The van der Waals surface area contributed by atoms with Crippen molar-refractivity contribution in [2.75, 3.05) is 0 Å². The standard InChI is InChI=1S/C6H11/c1-3-6-4-5(6)2/h3,5-6H,4H2,1-2H3/q-1. The molecule has 1 aliphatic rings. The van der Waals surface area contributed by atoms with E-state index in [0.29, 0.717) is 0 Å². The molecule has 0 aromatic carbocycles. The van der Waals surface area contributed by atoms with E-state index in [4.69, 9.17) is 0 Å². The lowest BCUT2D eigenvalue weighted by Crippen LogP contribution is -1.70. The zero-order valence-corrected chi connectivity index (χ0v) is 4.44. The van der Waals surface area contributed by atoms with Gasteiger partial charge in [-0.15, -0.1) is 0 Å². The third-order valence-electron chi connectivity index (χ3n) is 1.60. The first-order valence-electron chi connectivity index (χ1n) is 2.64. The van der Waals surface area contributed by atoms with Crippen molar-refractivity contribution < 1.29 is 0 Å². The predicted molar refractivity (Wildman–Crippen MR) is 27.2 cm³/mol. The summed E-state index contributed by atoms with van der Waals surface area (Å²) in [4.78, 5) is 0. The highest BCUT2D eigenvalue weighted by atomic mass is 14.3. The van der Waals surface area contributed by atoms with Crippen LogP contribution in [-0.4, -0.2) is 0 Å². The molecular formula is C6H11-. The normalized spacial score (nSPS) is 43.0. The molecule has 0 aromatic rings. The molecule has 1 aliphatic carbocycles. The molecule has 6 heavy (non-hydrogen) atoms. The zero-order valence-electron chi connectivity index (χ0n) is 4.44. The van der Waals surface area contributed by atoms with Crippen LogP contribution in [0.3, 0.4) is 0 Å². The molecule has 0 N–H and O–H groups in total. The van der Waals surface area contributed by atoms with Crippen LogP contribution in [0.2, 0.25) is 0 Å². The van der Waals surface area contributed by atoms with Gasteiger partial charge in [0.05, 0.1) is 0 Å². The van der Waals surface area contributed by atoms with Crippen LogP contribution in [0.15, 0.2) is 0 Å². The molecule has 0 amide bonds. The molecule has 0 aromatic heterocycles. The molecule has 0 aliphatic heterocycles. The van der Waals surface area contributed by atoms with Crippen LogP contribution in [0.4, 0.5) is 0 Å². The van der Waals surface area contributed by atoms with Crippen LogP contribution >= 0.6 is 0 Å². The van der Waals surface area contributed by atoms with Crippen molar-refractivity contribution in [2.45, 2.75) is 20.3 Å². The number of hydrogen-bond donors (Lipinski definition) is 0. The van der Waals surface area contributed by atoms with Crippen LogP contribution in [-0.2, 0) is 0 Å². The minimum Gasteiger partial charge on any atom is -0.328 e. The zero-order chi connectivity index (χ0) is 4.57. The van der Waals surface area contributed by atoms with E-state index >= 15 is 0 Å². The molecule has 1 saturated carbocycles. The van der Waals surface area contributed by atoms with E-state index in [0.717, 1.165) is 11.8 Å². The van der Waals surface area contributed by atoms with E-state index in [1.165, 1.54) is 6.42 Å². The largest absolute Gasteiger partial charge is 0.328 e. The van der Waals surface area contributed by atoms with Gasteiger partial charge in [-0.3, -0.25) is 0 Å². The molecule has 0 spiro atoms. The second kappa shape index (κ2) is 1.25. The molecule has 0 bridgehead atoms. The predicted octanol–water partition coefficient (Wildman–Crippen LogP) is 1.87. The highest BCUT2D eigenvalue weighted by Gasteiger charge is 2.21. The Morgan fingerprint density at radius 2 is 2.17 bits per heavy atom. The molecule has 0 nitrogen and oxygen atoms in total. The number of hydrogen-bond acceptors (Lipinski definition) is 0. The molecule has 0 saturated heterocycles. The Balaban J connectivity index is 2.09. The molecule has 1 rings (SSSR count).